The lowest BCUT2D eigenvalue weighted by molar-refractivity contribution is 1.07. The Morgan fingerprint density at radius 3 is 2.83 bits per heavy atom. The highest BCUT2D eigenvalue weighted by atomic mass is 15.1. The molecular weight excluding hydrogens is 76.1 g/mol. The number of rotatable bonds is 0. The highest BCUT2D eigenvalue weighted by Crippen LogP contribution is 1.82. The lowest BCUT2D eigenvalue weighted by Crippen LogP contribution is -1.65. The summed E-state index contributed by atoms with van der Waals surface area (Å²) in [5.74, 6) is 0. The number of hydrogen-bond acceptors (Lipinski definition) is 1. The molecule has 0 aliphatic carbocycles. The largest absolute Gasteiger partial charge is 0.285 e. The van der Waals surface area contributed by atoms with Crippen LogP contribution in [0.15, 0.2) is 12.3 Å². The first-order valence-corrected chi connectivity index (χ1v) is 1.65. The third kappa shape index (κ3) is 0.407. The normalized spacial score (nSPS) is 8.83. The molecule has 1 rings (SSSR count). The first kappa shape index (κ1) is 3.40. The second-order valence-electron chi connectivity index (χ2n) is 0.999. The summed E-state index contributed by atoms with van der Waals surface area (Å²) >= 11 is 0. The number of nitrogens with zero attached hydrogens (tertiary/aromatic N) is 1. The highest BCUT2D eigenvalue weighted by Gasteiger charge is 1.75. The van der Waals surface area contributed by atoms with E-state index in [1.807, 2.05) is 0 Å². The van der Waals surface area contributed by atoms with Crippen molar-refractivity contribution < 1.29 is 0 Å². The van der Waals surface area contributed by atoms with Crippen molar-refractivity contribution in [2.24, 2.45) is 0 Å². The second kappa shape index (κ2) is 1.12. The Morgan fingerprint density at radius 1 is 1.83 bits per heavy atom. The number of hydrogen-bond donors (Lipinski definition) is 1. The number of aromatic nitrogens is 2. The molecule has 0 unspecified atom stereocenters. The Labute approximate surface area is 36.2 Å². The first-order chi connectivity index (χ1) is 2.89. The maximum Gasteiger partial charge on any atom is 0.0666 e. The topological polar surface area (TPSA) is 28.7 Å². The van der Waals surface area contributed by atoms with E-state index in [4.69, 9.17) is 6.92 Å². The first-order valence-electron chi connectivity index (χ1n) is 1.65. The van der Waals surface area contributed by atoms with Crippen molar-refractivity contribution in [1.82, 2.24) is 10.2 Å². The second-order valence-corrected chi connectivity index (χ2v) is 0.999. The molecule has 30 valence electrons. The molecule has 0 spiro atoms. The van der Waals surface area contributed by atoms with Gasteiger partial charge in [-0.1, -0.05) is 0 Å². The van der Waals surface area contributed by atoms with Crippen molar-refractivity contribution in [2.45, 2.75) is 0 Å². The van der Waals surface area contributed by atoms with Gasteiger partial charge in [-0.05, 0) is 6.07 Å². The molecule has 0 saturated carbocycles. The van der Waals surface area contributed by atoms with E-state index in [1.165, 1.54) is 0 Å². The van der Waals surface area contributed by atoms with Crippen LogP contribution in [0.25, 0.3) is 0 Å². The van der Waals surface area contributed by atoms with Crippen LogP contribution >= 0.6 is 0 Å². The SMILES string of the molecule is [CH]c1cc[nH]n1. The van der Waals surface area contributed by atoms with Gasteiger partial charge in [0.2, 0.25) is 0 Å². The van der Waals surface area contributed by atoms with Gasteiger partial charge in [0, 0.05) is 13.1 Å². The number of H-pyrrole nitrogens is 1. The zero-order valence-corrected chi connectivity index (χ0v) is 3.18. The van der Waals surface area contributed by atoms with Crippen molar-refractivity contribution in [3.8, 4) is 0 Å². The van der Waals surface area contributed by atoms with Crippen molar-refractivity contribution in [3.63, 3.8) is 0 Å². The Kier molecular flexibility index (Phi) is 0.638. The third-order valence-corrected chi connectivity index (χ3v) is 0.522. The lowest BCUT2D eigenvalue weighted by Gasteiger charge is -1.64. The molecule has 2 heteroatoms. The van der Waals surface area contributed by atoms with Gasteiger partial charge < -0.3 is 0 Å². The molecule has 2 nitrogen and oxygen atoms in total. The number of aromatic amines is 1. The van der Waals surface area contributed by atoms with Gasteiger partial charge in [0.1, 0.15) is 0 Å². The van der Waals surface area contributed by atoms with Crippen LogP contribution in [0.4, 0.5) is 0 Å². The maximum atomic E-state index is 5.14. The van der Waals surface area contributed by atoms with Crippen LogP contribution in [0, 0.1) is 6.92 Å². The van der Waals surface area contributed by atoms with Crippen LogP contribution in [0.1, 0.15) is 5.69 Å². The van der Waals surface area contributed by atoms with E-state index < -0.39 is 0 Å². The van der Waals surface area contributed by atoms with Gasteiger partial charge in [0.05, 0.1) is 5.69 Å². The standard InChI is InChI=1S/C4H4N2/c1-4-2-3-5-6-4/h1-3H,(H,5,6). The Morgan fingerprint density at radius 2 is 2.67 bits per heavy atom. The fourth-order valence-corrected chi connectivity index (χ4v) is 0.272. The van der Waals surface area contributed by atoms with Crippen LogP contribution in [-0.2, 0) is 0 Å². The van der Waals surface area contributed by atoms with Crippen LogP contribution < -0.4 is 0 Å². The number of nitrogens with one attached hydrogen (secondary N) is 1. The van der Waals surface area contributed by atoms with Gasteiger partial charge in [-0.25, -0.2) is 0 Å². The summed E-state index contributed by atoms with van der Waals surface area (Å²) in [5, 5.41) is 6.12. The van der Waals surface area contributed by atoms with E-state index in [-0.39, 0.29) is 0 Å². The van der Waals surface area contributed by atoms with Crippen molar-refractivity contribution in [1.29, 1.82) is 0 Å². The molecular formula is C4H4N2. The van der Waals surface area contributed by atoms with Gasteiger partial charge in [-0.2, -0.15) is 5.10 Å². The van der Waals surface area contributed by atoms with Gasteiger partial charge in [0.15, 0.2) is 0 Å². The summed E-state index contributed by atoms with van der Waals surface area (Å²) in [7, 11) is 0. The van der Waals surface area contributed by atoms with E-state index >= 15 is 0 Å². The van der Waals surface area contributed by atoms with Crippen LogP contribution in [0.5, 0.6) is 0 Å². The predicted molar refractivity (Wildman–Crippen MR) is 22.0 cm³/mol. The van der Waals surface area contributed by atoms with Crippen LogP contribution in [-0.4, -0.2) is 10.2 Å². The van der Waals surface area contributed by atoms with E-state index in [9.17, 15) is 0 Å². The summed E-state index contributed by atoms with van der Waals surface area (Å²) in [6, 6.07) is 1.69. The molecule has 1 aromatic rings. The molecule has 0 atom stereocenters. The molecule has 0 aliphatic heterocycles. The zero-order valence-electron chi connectivity index (χ0n) is 3.18. The summed E-state index contributed by atoms with van der Waals surface area (Å²) in [6.07, 6.45) is 1.68. The summed E-state index contributed by atoms with van der Waals surface area (Å²) in [5.41, 5.74) is 0.537. The van der Waals surface area contributed by atoms with E-state index in [0.29, 0.717) is 5.69 Å². The molecule has 0 fully saturated rings. The van der Waals surface area contributed by atoms with Crippen molar-refractivity contribution >= 4 is 0 Å². The van der Waals surface area contributed by atoms with Gasteiger partial charge in [0.25, 0.3) is 0 Å². The zero-order chi connectivity index (χ0) is 4.41. The molecule has 0 bridgehead atoms. The summed E-state index contributed by atoms with van der Waals surface area (Å²) in [4.78, 5) is 0. The molecule has 0 aromatic carbocycles. The minimum absolute atomic E-state index is 0.537. The maximum absolute atomic E-state index is 5.14. The fraction of sp³-hybridized carbons (Fsp3) is 0. The van der Waals surface area contributed by atoms with Gasteiger partial charge >= 0.3 is 0 Å². The minimum Gasteiger partial charge on any atom is -0.285 e. The molecule has 1 N–H and O–H groups in total. The molecule has 2 radical (unpaired) electrons. The van der Waals surface area contributed by atoms with E-state index in [2.05, 4.69) is 10.2 Å². The van der Waals surface area contributed by atoms with Crippen LogP contribution in [0.3, 0.4) is 0 Å². The molecule has 1 aromatic heterocycles. The van der Waals surface area contributed by atoms with Gasteiger partial charge in [-0.3, -0.25) is 5.10 Å². The van der Waals surface area contributed by atoms with Crippen molar-refractivity contribution in [3.05, 3.63) is 24.9 Å². The smallest absolute Gasteiger partial charge is 0.0666 e. The van der Waals surface area contributed by atoms with Crippen molar-refractivity contribution in [2.75, 3.05) is 0 Å². The van der Waals surface area contributed by atoms with E-state index in [1.54, 1.807) is 12.3 Å². The molecule has 1 heterocycles. The lowest BCUT2D eigenvalue weighted by atomic mass is 10.5. The predicted octanol–water partition coefficient (Wildman–Crippen LogP) is 0.469. The average Bonchev–Trinajstić information content (AvgIpc) is 1.86. The highest BCUT2D eigenvalue weighted by molar-refractivity contribution is 4.99. The fourth-order valence-electron chi connectivity index (χ4n) is 0.272. The van der Waals surface area contributed by atoms with Gasteiger partial charge in [-0.15, -0.1) is 0 Å². The molecule has 6 heavy (non-hydrogen) atoms. The Balaban J connectivity index is 3.05. The molecule has 0 saturated heterocycles. The Bertz CT molecular complexity index is 109. The quantitative estimate of drug-likeness (QED) is 0.482. The summed E-state index contributed by atoms with van der Waals surface area (Å²) < 4.78 is 0. The third-order valence-electron chi connectivity index (χ3n) is 0.522. The van der Waals surface area contributed by atoms with Crippen LogP contribution in [0.2, 0.25) is 0 Å². The molecule has 0 amide bonds. The minimum atomic E-state index is 0.537. The monoisotopic (exact) mass is 80.0 g/mol. The average molecular weight is 80.1 g/mol. The summed E-state index contributed by atoms with van der Waals surface area (Å²) in [6.45, 7) is 5.14. The molecule has 0 aliphatic rings. The Hall–Kier alpha value is -0.790. The van der Waals surface area contributed by atoms with E-state index in [0.717, 1.165) is 0 Å².